The summed E-state index contributed by atoms with van der Waals surface area (Å²) in [4.78, 5) is 14.0. The molecule has 0 saturated carbocycles. The van der Waals surface area contributed by atoms with Crippen LogP contribution in [0.5, 0.6) is 0 Å². The van der Waals surface area contributed by atoms with E-state index in [4.69, 9.17) is 5.73 Å². The predicted molar refractivity (Wildman–Crippen MR) is 65.9 cm³/mol. The zero-order valence-electron chi connectivity index (χ0n) is 9.90. The smallest absolute Gasteiger partial charge is 0.239 e. The van der Waals surface area contributed by atoms with Gasteiger partial charge in [-0.05, 0) is 5.92 Å². The number of thioether (sulfide) groups is 1. The van der Waals surface area contributed by atoms with Gasteiger partial charge in [0.2, 0.25) is 5.91 Å². The lowest BCUT2D eigenvalue weighted by molar-refractivity contribution is -0.133. The lowest BCUT2D eigenvalue weighted by atomic mass is 9.99. The molecule has 0 spiro atoms. The summed E-state index contributed by atoms with van der Waals surface area (Å²) >= 11 is 1.93. The quantitative estimate of drug-likeness (QED) is 0.795. The number of carbonyl (C=O) groups excluding carboxylic acids is 1. The van der Waals surface area contributed by atoms with Crippen LogP contribution >= 0.6 is 11.8 Å². The Hall–Kier alpha value is -0.220. The molecule has 0 aromatic carbocycles. The summed E-state index contributed by atoms with van der Waals surface area (Å²) in [6.07, 6.45) is 0.963. The van der Waals surface area contributed by atoms with E-state index in [1.54, 1.807) is 0 Å². The zero-order valence-corrected chi connectivity index (χ0v) is 10.7. The molecule has 4 heteroatoms. The molecule has 1 amide bonds. The maximum atomic E-state index is 12.0. The number of hydrogen-bond donors (Lipinski definition) is 1. The number of nitrogens with two attached hydrogens (primary N) is 1. The summed E-state index contributed by atoms with van der Waals surface area (Å²) in [5.41, 5.74) is 5.95. The SMILES string of the molecule is CCC(C)C(N)C(=O)N1CCSC(C)C1. The van der Waals surface area contributed by atoms with E-state index in [1.165, 1.54) is 0 Å². The Morgan fingerprint density at radius 1 is 1.67 bits per heavy atom. The van der Waals surface area contributed by atoms with Gasteiger partial charge in [-0.1, -0.05) is 27.2 Å². The molecule has 1 aliphatic heterocycles. The molecule has 15 heavy (non-hydrogen) atoms. The van der Waals surface area contributed by atoms with Crippen LogP contribution in [0.3, 0.4) is 0 Å². The van der Waals surface area contributed by atoms with E-state index in [9.17, 15) is 4.79 Å². The highest BCUT2D eigenvalue weighted by Gasteiger charge is 2.27. The van der Waals surface area contributed by atoms with Crippen LogP contribution in [0.25, 0.3) is 0 Å². The first kappa shape index (κ1) is 12.8. The van der Waals surface area contributed by atoms with Crippen LogP contribution in [0.1, 0.15) is 27.2 Å². The van der Waals surface area contributed by atoms with Crippen molar-refractivity contribution >= 4 is 17.7 Å². The highest BCUT2D eigenvalue weighted by atomic mass is 32.2. The van der Waals surface area contributed by atoms with E-state index < -0.39 is 0 Å². The van der Waals surface area contributed by atoms with Gasteiger partial charge in [0.05, 0.1) is 6.04 Å². The first-order chi connectivity index (χ1) is 7.06. The van der Waals surface area contributed by atoms with Crippen molar-refractivity contribution < 1.29 is 4.79 Å². The van der Waals surface area contributed by atoms with Crippen molar-refractivity contribution in [1.29, 1.82) is 0 Å². The molecule has 0 bridgehead atoms. The maximum Gasteiger partial charge on any atom is 0.239 e. The summed E-state index contributed by atoms with van der Waals surface area (Å²) < 4.78 is 0. The topological polar surface area (TPSA) is 46.3 Å². The Bertz CT molecular complexity index is 223. The minimum absolute atomic E-state index is 0.136. The van der Waals surface area contributed by atoms with Crippen LogP contribution in [0.4, 0.5) is 0 Å². The minimum atomic E-state index is -0.315. The van der Waals surface area contributed by atoms with E-state index in [0.717, 1.165) is 25.3 Å². The highest BCUT2D eigenvalue weighted by molar-refractivity contribution is 7.99. The van der Waals surface area contributed by atoms with Crippen LogP contribution in [0.15, 0.2) is 0 Å². The Balaban J connectivity index is 2.51. The number of nitrogens with zero attached hydrogens (tertiary/aromatic N) is 1. The Kier molecular flexibility index (Phi) is 4.93. The molecular weight excluding hydrogens is 208 g/mol. The molecule has 0 radical (unpaired) electrons. The van der Waals surface area contributed by atoms with Crippen LogP contribution in [-0.2, 0) is 4.79 Å². The number of carbonyl (C=O) groups is 1. The van der Waals surface area contributed by atoms with Crippen LogP contribution in [0, 0.1) is 5.92 Å². The van der Waals surface area contributed by atoms with Crippen LogP contribution < -0.4 is 5.73 Å². The normalized spacial score (nSPS) is 26.1. The summed E-state index contributed by atoms with van der Waals surface area (Å²) in [5, 5.41) is 0.548. The van der Waals surface area contributed by atoms with E-state index >= 15 is 0 Å². The van der Waals surface area contributed by atoms with Crippen molar-refractivity contribution in [2.24, 2.45) is 11.7 Å². The van der Waals surface area contributed by atoms with Gasteiger partial charge in [0, 0.05) is 24.1 Å². The molecule has 0 aliphatic carbocycles. The third-order valence-electron chi connectivity index (χ3n) is 3.09. The molecule has 2 N–H and O–H groups in total. The largest absolute Gasteiger partial charge is 0.339 e. The van der Waals surface area contributed by atoms with Crippen LogP contribution in [0.2, 0.25) is 0 Å². The van der Waals surface area contributed by atoms with E-state index in [-0.39, 0.29) is 17.9 Å². The third kappa shape index (κ3) is 3.38. The lowest BCUT2D eigenvalue weighted by Crippen LogP contribution is -2.51. The van der Waals surface area contributed by atoms with Crippen molar-refractivity contribution in [3.05, 3.63) is 0 Å². The molecule has 3 atom stereocenters. The second kappa shape index (κ2) is 5.75. The molecule has 1 aliphatic rings. The fourth-order valence-electron chi connectivity index (χ4n) is 1.73. The molecule has 3 unspecified atom stereocenters. The molecule has 0 aromatic heterocycles. The third-order valence-corrected chi connectivity index (χ3v) is 4.23. The van der Waals surface area contributed by atoms with Crippen molar-refractivity contribution in [2.45, 2.75) is 38.5 Å². The first-order valence-corrected chi connectivity index (χ1v) is 6.77. The summed E-state index contributed by atoms with van der Waals surface area (Å²) in [6, 6.07) is -0.315. The van der Waals surface area contributed by atoms with E-state index in [1.807, 2.05) is 23.6 Å². The molecule has 1 rings (SSSR count). The Morgan fingerprint density at radius 3 is 2.87 bits per heavy atom. The summed E-state index contributed by atoms with van der Waals surface area (Å²) in [6.45, 7) is 8.00. The van der Waals surface area contributed by atoms with Gasteiger partial charge in [0.15, 0.2) is 0 Å². The van der Waals surface area contributed by atoms with Gasteiger partial charge in [-0.15, -0.1) is 0 Å². The summed E-state index contributed by atoms with van der Waals surface area (Å²) in [5.74, 6) is 1.46. The maximum absolute atomic E-state index is 12.0. The van der Waals surface area contributed by atoms with Crippen molar-refractivity contribution in [3.63, 3.8) is 0 Å². The highest BCUT2D eigenvalue weighted by Crippen LogP contribution is 2.19. The molecule has 3 nitrogen and oxygen atoms in total. The zero-order chi connectivity index (χ0) is 11.4. The molecular formula is C11H22N2OS. The predicted octanol–water partition coefficient (Wildman–Crippen LogP) is 1.32. The van der Waals surface area contributed by atoms with Gasteiger partial charge in [-0.25, -0.2) is 0 Å². The van der Waals surface area contributed by atoms with Gasteiger partial charge < -0.3 is 10.6 Å². The Morgan fingerprint density at radius 2 is 2.33 bits per heavy atom. The first-order valence-electron chi connectivity index (χ1n) is 5.72. The second-order valence-corrected chi connectivity index (χ2v) is 5.92. The number of rotatable bonds is 3. The number of amides is 1. The summed E-state index contributed by atoms with van der Waals surface area (Å²) in [7, 11) is 0. The fraction of sp³-hybridized carbons (Fsp3) is 0.909. The van der Waals surface area contributed by atoms with Crippen molar-refractivity contribution in [1.82, 2.24) is 4.90 Å². The average Bonchev–Trinajstić information content (AvgIpc) is 2.26. The van der Waals surface area contributed by atoms with Gasteiger partial charge in [-0.2, -0.15) is 11.8 Å². The Labute approximate surface area is 96.8 Å². The second-order valence-electron chi connectivity index (χ2n) is 4.38. The van der Waals surface area contributed by atoms with Crippen molar-refractivity contribution in [2.75, 3.05) is 18.8 Å². The van der Waals surface area contributed by atoms with Crippen molar-refractivity contribution in [3.8, 4) is 0 Å². The van der Waals surface area contributed by atoms with E-state index in [0.29, 0.717) is 5.25 Å². The van der Waals surface area contributed by atoms with Gasteiger partial charge in [0.25, 0.3) is 0 Å². The average molecular weight is 230 g/mol. The molecule has 1 fully saturated rings. The van der Waals surface area contributed by atoms with Crippen LogP contribution in [-0.4, -0.2) is 40.9 Å². The monoisotopic (exact) mass is 230 g/mol. The van der Waals surface area contributed by atoms with Gasteiger partial charge >= 0.3 is 0 Å². The molecule has 1 heterocycles. The molecule has 88 valence electrons. The molecule has 0 aromatic rings. The minimum Gasteiger partial charge on any atom is -0.339 e. The van der Waals surface area contributed by atoms with E-state index in [2.05, 4.69) is 13.8 Å². The van der Waals surface area contributed by atoms with Gasteiger partial charge in [-0.3, -0.25) is 4.79 Å². The molecule has 1 saturated heterocycles. The standard InChI is InChI=1S/C11H22N2OS/c1-4-8(2)10(12)11(14)13-5-6-15-9(3)7-13/h8-10H,4-7,12H2,1-3H3. The van der Waals surface area contributed by atoms with Gasteiger partial charge in [0.1, 0.15) is 0 Å². The fourth-order valence-corrected chi connectivity index (χ4v) is 2.74. The number of hydrogen-bond acceptors (Lipinski definition) is 3. The lowest BCUT2D eigenvalue weighted by Gasteiger charge is -2.33.